The van der Waals surface area contributed by atoms with Crippen LogP contribution >= 0.6 is 11.6 Å². The van der Waals surface area contributed by atoms with Gasteiger partial charge in [-0.25, -0.2) is 9.37 Å². The minimum absolute atomic E-state index is 0.0765. The molecule has 86 valence electrons. The molecule has 1 heterocycles. The van der Waals surface area contributed by atoms with Gasteiger partial charge in [0.25, 0.3) is 0 Å². The third-order valence-corrected chi connectivity index (χ3v) is 2.84. The van der Waals surface area contributed by atoms with Crippen LogP contribution in [0.1, 0.15) is 19.8 Å². The smallest absolute Gasteiger partial charge is 0.201 e. The lowest BCUT2D eigenvalue weighted by molar-refractivity contribution is 0.624. The molecule has 2 rings (SSSR count). The van der Waals surface area contributed by atoms with Gasteiger partial charge >= 0.3 is 0 Å². The predicted octanol–water partition coefficient (Wildman–Crippen LogP) is 3.21. The SMILES string of the molecule is CCCCn1c(N)nc2cc(Cl)c(F)cc21. The largest absolute Gasteiger partial charge is 0.369 e. The van der Waals surface area contributed by atoms with Crippen LogP contribution in [0, 0.1) is 5.82 Å². The zero-order valence-electron chi connectivity index (χ0n) is 9.00. The maximum atomic E-state index is 13.3. The van der Waals surface area contributed by atoms with Crippen molar-refractivity contribution in [2.24, 2.45) is 0 Å². The molecule has 0 spiro atoms. The van der Waals surface area contributed by atoms with E-state index in [-0.39, 0.29) is 5.02 Å². The second-order valence-corrected chi connectivity index (χ2v) is 4.14. The molecule has 0 saturated carbocycles. The molecule has 16 heavy (non-hydrogen) atoms. The van der Waals surface area contributed by atoms with Crippen molar-refractivity contribution in [1.82, 2.24) is 9.55 Å². The van der Waals surface area contributed by atoms with Crippen LogP contribution in [-0.4, -0.2) is 9.55 Å². The number of aromatic nitrogens is 2. The van der Waals surface area contributed by atoms with Gasteiger partial charge in [-0.05, 0) is 12.5 Å². The first-order chi connectivity index (χ1) is 7.63. The number of nitrogens with zero attached hydrogens (tertiary/aromatic N) is 2. The average Bonchev–Trinajstić information content (AvgIpc) is 2.52. The van der Waals surface area contributed by atoms with Crippen molar-refractivity contribution in [3.63, 3.8) is 0 Å². The van der Waals surface area contributed by atoms with E-state index in [0.29, 0.717) is 17.0 Å². The predicted molar refractivity (Wildman–Crippen MR) is 64.0 cm³/mol. The maximum absolute atomic E-state index is 13.3. The molecule has 0 bridgehead atoms. The van der Waals surface area contributed by atoms with Gasteiger partial charge in [-0.15, -0.1) is 0 Å². The standard InChI is InChI=1S/C11H13ClFN3/c1-2-3-4-16-10-6-8(13)7(12)5-9(10)15-11(16)14/h5-6H,2-4H2,1H3,(H2,14,15). The zero-order valence-corrected chi connectivity index (χ0v) is 9.76. The highest BCUT2D eigenvalue weighted by Crippen LogP contribution is 2.24. The van der Waals surface area contributed by atoms with Crippen LogP contribution in [0.15, 0.2) is 12.1 Å². The van der Waals surface area contributed by atoms with Gasteiger partial charge in [0.05, 0.1) is 16.1 Å². The summed E-state index contributed by atoms with van der Waals surface area (Å²) >= 11 is 5.69. The Balaban J connectivity index is 2.55. The summed E-state index contributed by atoms with van der Waals surface area (Å²) in [5, 5.41) is 0.0765. The molecule has 0 saturated heterocycles. The topological polar surface area (TPSA) is 43.8 Å². The molecule has 0 radical (unpaired) electrons. The van der Waals surface area contributed by atoms with E-state index >= 15 is 0 Å². The quantitative estimate of drug-likeness (QED) is 0.897. The number of nitrogen functional groups attached to an aromatic ring is 1. The third-order valence-electron chi connectivity index (χ3n) is 2.56. The van der Waals surface area contributed by atoms with E-state index in [4.69, 9.17) is 17.3 Å². The summed E-state index contributed by atoms with van der Waals surface area (Å²) in [6.07, 6.45) is 2.04. The summed E-state index contributed by atoms with van der Waals surface area (Å²) < 4.78 is 15.2. The zero-order chi connectivity index (χ0) is 11.7. The highest BCUT2D eigenvalue weighted by Gasteiger charge is 2.11. The molecule has 0 aliphatic heterocycles. The summed E-state index contributed by atoms with van der Waals surface area (Å²) in [7, 11) is 0. The number of anilines is 1. The number of halogens is 2. The summed E-state index contributed by atoms with van der Waals surface area (Å²) in [5.41, 5.74) is 7.12. The normalized spacial score (nSPS) is 11.2. The number of rotatable bonds is 3. The van der Waals surface area contributed by atoms with E-state index < -0.39 is 5.82 Å². The van der Waals surface area contributed by atoms with Gasteiger partial charge < -0.3 is 10.3 Å². The summed E-state index contributed by atoms with van der Waals surface area (Å²) in [6, 6.07) is 2.89. The molecule has 0 fully saturated rings. The minimum Gasteiger partial charge on any atom is -0.369 e. The molecule has 5 heteroatoms. The highest BCUT2D eigenvalue weighted by atomic mass is 35.5. The van der Waals surface area contributed by atoms with Crippen LogP contribution in [0.2, 0.25) is 5.02 Å². The van der Waals surface area contributed by atoms with Crippen molar-refractivity contribution < 1.29 is 4.39 Å². The van der Waals surface area contributed by atoms with Gasteiger partial charge in [0.15, 0.2) is 0 Å². The number of hydrogen-bond acceptors (Lipinski definition) is 2. The Labute approximate surface area is 98.0 Å². The fourth-order valence-electron chi connectivity index (χ4n) is 1.69. The van der Waals surface area contributed by atoms with Crippen molar-refractivity contribution >= 4 is 28.6 Å². The second kappa shape index (κ2) is 4.29. The fourth-order valence-corrected chi connectivity index (χ4v) is 1.85. The first-order valence-corrected chi connectivity index (χ1v) is 5.62. The molecule has 0 amide bonds. The summed E-state index contributed by atoms with van der Waals surface area (Å²) in [6.45, 7) is 2.84. The lowest BCUT2D eigenvalue weighted by Crippen LogP contribution is -2.03. The van der Waals surface area contributed by atoms with E-state index in [1.807, 2.05) is 4.57 Å². The number of unbranched alkanes of at least 4 members (excludes halogenated alkanes) is 1. The Kier molecular flexibility index (Phi) is 3.01. The van der Waals surface area contributed by atoms with Crippen LogP contribution in [0.4, 0.5) is 10.3 Å². The first-order valence-electron chi connectivity index (χ1n) is 5.24. The van der Waals surface area contributed by atoms with Crippen molar-refractivity contribution in [3.05, 3.63) is 23.0 Å². The van der Waals surface area contributed by atoms with Gasteiger partial charge in [0.2, 0.25) is 5.95 Å². The van der Waals surface area contributed by atoms with Gasteiger partial charge in [-0.1, -0.05) is 24.9 Å². The Morgan fingerprint density at radius 3 is 2.94 bits per heavy atom. The van der Waals surface area contributed by atoms with E-state index in [2.05, 4.69) is 11.9 Å². The number of nitrogens with two attached hydrogens (primary N) is 1. The van der Waals surface area contributed by atoms with E-state index in [1.54, 1.807) is 0 Å². The van der Waals surface area contributed by atoms with Gasteiger partial charge in [-0.2, -0.15) is 0 Å². The third kappa shape index (κ3) is 1.85. The number of fused-ring (bicyclic) bond motifs is 1. The molecule has 0 aliphatic rings. The number of imidazole rings is 1. The number of benzene rings is 1. The van der Waals surface area contributed by atoms with Gasteiger partial charge in [-0.3, -0.25) is 0 Å². The second-order valence-electron chi connectivity index (χ2n) is 3.73. The van der Waals surface area contributed by atoms with E-state index in [0.717, 1.165) is 19.4 Å². The van der Waals surface area contributed by atoms with E-state index in [9.17, 15) is 4.39 Å². The van der Waals surface area contributed by atoms with Crippen LogP contribution in [0.5, 0.6) is 0 Å². The summed E-state index contributed by atoms with van der Waals surface area (Å²) in [4.78, 5) is 4.16. The van der Waals surface area contributed by atoms with Crippen molar-refractivity contribution in [1.29, 1.82) is 0 Å². The fraction of sp³-hybridized carbons (Fsp3) is 0.364. The molecule has 1 aromatic heterocycles. The van der Waals surface area contributed by atoms with Crippen molar-refractivity contribution in [3.8, 4) is 0 Å². The Morgan fingerprint density at radius 2 is 2.25 bits per heavy atom. The monoisotopic (exact) mass is 241 g/mol. The van der Waals surface area contributed by atoms with Crippen LogP contribution in [0.25, 0.3) is 11.0 Å². The molecular formula is C11H13ClFN3. The molecule has 0 unspecified atom stereocenters. The van der Waals surface area contributed by atoms with E-state index in [1.165, 1.54) is 12.1 Å². The Hall–Kier alpha value is -1.29. The lowest BCUT2D eigenvalue weighted by atomic mass is 10.3. The van der Waals surface area contributed by atoms with Gasteiger partial charge in [0.1, 0.15) is 5.82 Å². The van der Waals surface area contributed by atoms with Crippen LogP contribution in [0.3, 0.4) is 0 Å². The van der Waals surface area contributed by atoms with Crippen LogP contribution in [-0.2, 0) is 6.54 Å². The Morgan fingerprint density at radius 1 is 1.50 bits per heavy atom. The molecular weight excluding hydrogens is 229 g/mol. The number of aryl methyl sites for hydroxylation is 1. The Bertz CT molecular complexity index is 521. The molecule has 1 aromatic carbocycles. The molecule has 2 aromatic rings. The molecule has 0 aliphatic carbocycles. The first kappa shape index (κ1) is 11.2. The summed E-state index contributed by atoms with van der Waals surface area (Å²) in [5.74, 6) is -0.0306. The highest BCUT2D eigenvalue weighted by molar-refractivity contribution is 6.31. The van der Waals surface area contributed by atoms with Crippen molar-refractivity contribution in [2.75, 3.05) is 5.73 Å². The molecule has 0 atom stereocenters. The molecule has 3 nitrogen and oxygen atoms in total. The number of hydrogen-bond donors (Lipinski definition) is 1. The molecule has 2 N–H and O–H groups in total. The lowest BCUT2D eigenvalue weighted by Gasteiger charge is -2.05. The van der Waals surface area contributed by atoms with Crippen LogP contribution < -0.4 is 5.73 Å². The van der Waals surface area contributed by atoms with Gasteiger partial charge in [0, 0.05) is 12.6 Å². The van der Waals surface area contributed by atoms with Crippen molar-refractivity contribution in [2.45, 2.75) is 26.3 Å². The average molecular weight is 242 g/mol. The minimum atomic E-state index is -0.438. The maximum Gasteiger partial charge on any atom is 0.201 e.